The first-order valence-corrected chi connectivity index (χ1v) is 11.5. The van der Waals surface area contributed by atoms with Crippen molar-refractivity contribution < 1.29 is 19.4 Å². The van der Waals surface area contributed by atoms with Gasteiger partial charge in [0, 0.05) is 0 Å². The fourth-order valence-corrected chi connectivity index (χ4v) is 4.78. The summed E-state index contributed by atoms with van der Waals surface area (Å²) in [6.45, 7) is 5.95. The first-order chi connectivity index (χ1) is 14.3. The van der Waals surface area contributed by atoms with Crippen molar-refractivity contribution in [3.8, 4) is 11.9 Å². The molecule has 1 aromatic rings. The predicted molar refractivity (Wildman–Crippen MR) is 115 cm³/mol. The van der Waals surface area contributed by atoms with Gasteiger partial charge in [0.2, 0.25) is 5.88 Å². The van der Waals surface area contributed by atoms with Gasteiger partial charge in [-0.05, 0) is 70.6 Å². The monoisotopic (exact) mass is 419 g/mol. The average Bonchev–Trinajstić information content (AvgIpc) is 2.63. The van der Waals surface area contributed by atoms with Crippen LogP contribution in [0.2, 0.25) is 0 Å². The molecule has 0 radical (unpaired) electrons. The SMILES string of the molecule is CC(C)Oc1nc(OC2CCC2)ncc1C(N)=O.CCC1CC2CCC[C@](O)(C1)C2. The number of hydrogen-bond acceptors (Lipinski definition) is 6. The summed E-state index contributed by atoms with van der Waals surface area (Å²) >= 11 is 0. The summed E-state index contributed by atoms with van der Waals surface area (Å²) in [5, 5.41) is 10.2. The van der Waals surface area contributed by atoms with E-state index in [-0.39, 0.29) is 35.3 Å². The molecule has 30 heavy (non-hydrogen) atoms. The summed E-state index contributed by atoms with van der Waals surface area (Å²) in [6.07, 6.45) is 13.2. The van der Waals surface area contributed by atoms with E-state index in [1.54, 1.807) is 0 Å². The van der Waals surface area contributed by atoms with Crippen LogP contribution in [-0.4, -0.2) is 38.8 Å². The van der Waals surface area contributed by atoms with Crippen LogP contribution in [0.3, 0.4) is 0 Å². The van der Waals surface area contributed by atoms with Crippen molar-refractivity contribution in [2.75, 3.05) is 0 Å². The quantitative estimate of drug-likeness (QED) is 0.721. The fraction of sp³-hybridized carbons (Fsp3) is 0.783. The maximum atomic E-state index is 11.2. The maximum Gasteiger partial charge on any atom is 0.319 e. The molecule has 1 amide bonds. The molecule has 4 rings (SSSR count). The van der Waals surface area contributed by atoms with Crippen LogP contribution in [0.5, 0.6) is 11.9 Å². The Morgan fingerprint density at radius 3 is 2.63 bits per heavy atom. The Hall–Kier alpha value is -1.89. The highest BCUT2D eigenvalue weighted by Gasteiger charge is 2.40. The Kier molecular flexibility index (Phi) is 7.55. The van der Waals surface area contributed by atoms with Gasteiger partial charge in [-0.1, -0.05) is 26.2 Å². The molecule has 3 saturated carbocycles. The Morgan fingerprint density at radius 2 is 2.07 bits per heavy atom. The van der Waals surface area contributed by atoms with Crippen LogP contribution in [0.1, 0.15) is 95.3 Å². The molecule has 0 saturated heterocycles. The molecule has 0 spiro atoms. The van der Waals surface area contributed by atoms with Gasteiger partial charge in [0.1, 0.15) is 11.7 Å². The molecule has 3 aliphatic carbocycles. The molecule has 3 N–H and O–H groups in total. The van der Waals surface area contributed by atoms with E-state index in [4.69, 9.17) is 15.2 Å². The second-order valence-corrected chi connectivity index (χ2v) is 9.47. The zero-order chi connectivity index (χ0) is 21.7. The molecule has 3 atom stereocenters. The van der Waals surface area contributed by atoms with Gasteiger partial charge in [-0.15, -0.1) is 0 Å². The van der Waals surface area contributed by atoms with Crippen LogP contribution in [0, 0.1) is 11.8 Å². The second-order valence-electron chi connectivity index (χ2n) is 9.47. The summed E-state index contributed by atoms with van der Waals surface area (Å²) in [4.78, 5) is 19.3. The van der Waals surface area contributed by atoms with Crippen LogP contribution in [0.15, 0.2) is 6.20 Å². The molecule has 7 heteroatoms. The lowest BCUT2D eigenvalue weighted by atomic mass is 9.65. The number of aliphatic hydroxyl groups is 1. The lowest BCUT2D eigenvalue weighted by Gasteiger charge is -2.45. The van der Waals surface area contributed by atoms with E-state index in [1.165, 1.54) is 38.3 Å². The van der Waals surface area contributed by atoms with E-state index < -0.39 is 5.91 Å². The van der Waals surface area contributed by atoms with Gasteiger partial charge < -0.3 is 20.3 Å². The van der Waals surface area contributed by atoms with Crippen LogP contribution < -0.4 is 15.2 Å². The smallest absolute Gasteiger partial charge is 0.319 e. The van der Waals surface area contributed by atoms with Crippen molar-refractivity contribution in [3.05, 3.63) is 11.8 Å². The predicted octanol–water partition coefficient (Wildman–Crippen LogP) is 4.02. The molecule has 0 aromatic carbocycles. The number of amides is 1. The Balaban J connectivity index is 0.000000184. The average molecular weight is 420 g/mol. The van der Waals surface area contributed by atoms with E-state index >= 15 is 0 Å². The highest BCUT2D eigenvalue weighted by atomic mass is 16.5. The molecule has 3 fully saturated rings. The van der Waals surface area contributed by atoms with Crippen molar-refractivity contribution >= 4 is 5.91 Å². The summed E-state index contributed by atoms with van der Waals surface area (Å²) in [5.74, 6) is 1.24. The number of aromatic nitrogens is 2. The molecule has 2 unspecified atom stereocenters. The van der Waals surface area contributed by atoms with E-state index in [0.29, 0.717) is 0 Å². The molecule has 1 heterocycles. The lowest BCUT2D eigenvalue weighted by molar-refractivity contribution is -0.0675. The molecule has 1 aromatic heterocycles. The number of rotatable bonds is 6. The molecule has 3 aliphatic rings. The van der Waals surface area contributed by atoms with Gasteiger partial charge in [0.25, 0.3) is 5.91 Å². The molecule has 7 nitrogen and oxygen atoms in total. The van der Waals surface area contributed by atoms with Gasteiger partial charge in [-0.2, -0.15) is 4.98 Å². The van der Waals surface area contributed by atoms with Crippen LogP contribution in [-0.2, 0) is 0 Å². The lowest BCUT2D eigenvalue weighted by Crippen LogP contribution is -2.42. The van der Waals surface area contributed by atoms with E-state index in [0.717, 1.165) is 43.9 Å². The summed E-state index contributed by atoms with van der Waals surface area (Å²) in [7, 11) is 0. The van der Waals surface area contributed by atoms with E-state index in [2.05, 4.69) is 16.9 Å². The Morgan fingerprint density at radius 1 is 1.30 bits per heavy atom. The molecule has 0 aliphatic heterocycles. The third-order valence-electron chi connectivity index (χ3n) is 6.50. The first kappa shape index (κ1) is 22.8. The minimum atomic E-state index is -0.610. The van der Waals surface area contributed by atoms with Crippen LogP contribution >= 0.6 is 0 Å². The first-order valence-electron chi connectivity index (χ1n) is 11.5. The van der Waals surface area contributed by atoms with Crippen molar-refractivity contribution in [1.82, 2.24) is 9.97 Å². The topological polar surface area (TPSA) is 108 Å². The summed E-state index contributed by atoms with van der Waals surface area (Å²) < 4.78 is 11.0. The zero-order valence-electron chi connectivity index (χ0n) is 18.6. The highest BCUT2D eigenvalue weighted by Crippen LogP contribution is 2.45. The zero-order valence-corrected chi connectivity index (χ0v) is 18.6. The van der Waals surface area contributed by atoms with E-state index in [9.17, 15) is 9.90 Å². The van der Waals surface area contributed by atoms with Gasteiger partial charge >= 0.3 is 6.01 Å². The molecule has 2 bridgehead atoms. The van der Waals surface area contributed by atoms with Crippen molar-refractivity contribution in [2.24, 2.45) is 17.6 Å². The normalized spacial score (nSPS) is 28.2. The molecular formula is C23H37N3O4. The minimum Gasteiger partial charge on any atom is -0.474 e. The number of nitrogens with two attached hydrogens (primary N) is 1. The summed E-state index contributed by atoms with van der Waals surface area (Å²) in [6, 6.07) is 0.236. The van der Waals surface area contributed by atoms with Crippen LogP contribution in [0.4, 0.5) is 0 Å². The van der Waals surface area contributed by atoms with Crippen molar-refractivity contribution in [2.45, 2.75) is 103 Å². The number of hydrogen-bond donors (Lipinski definition) is 2. The fourth-order valence-electron chi connectivity index (χ4n) is 4.78. The number of primary amides is 1. The summed E-state index contributed by atoms with van der Waals surface area (Å²) in [5.41, 5.74) is 5.16. The number of carbonyl (C=O) groups is 1. The molecule has 168 valence electrons. The second kappa shape index (κ2) is 9.94. The van der Waals surface area contributed by atoms with Gasteiger partial charge in [-0.3, -0.25) is 4.79 Å². The Labute approximate surface area is 179 Å². The standard InChI is InChI=1S/C12H17N3O3.C11H20O/c1-7(2)17-11-9(10(13)16)6-14-12(15-11)18-8-4-3-5-8;1-2-9-6-10-4-3-5-11(12,7-9)8-10/h6-8H,3-5H2,1-2H3,(H2,13,16);9-10,12H,2-8H2,1H3/t;9?,10?,11-/m.0/s1. The van der Waals surface area contributed by atoms with Crippen molar-refractivity contribution in [3.63, 3.8) is 0 Å². The maximum absolute atomic E-state index is 11.2. The third-order valence-corrected chi connectivity index (χ3v) is 6.50. The van der Waals surface area contributed by atoms with Gasteiger partial charge in [0.15, 0.2) is 0 Å². The number of nitrogens with zero attached hydrogens (tertiary/aromatic N) is 2. The number of carbonyl (C=O) groups excluding carboxylic acids is 1. The van der Waals surface area contributed by atoms with Gasteiger partial charge in [0.05, 0.1) is 17.9 Å². The molecular weight excluding hydrogens is 382 g/mol. The number of fused-ring (bicyclic) bond motifs is 2. The van der Waals surface area contributed by atoms with E-state index in [1.807, 2.05) is 13.8 Å². The Bertz CT molecular complexity index is 722. The van der Waals surface area contributed by atoms with Crippen molar-refractivity contribution in [1.29, 1.82) is 0 Å². The number of ether oxygens (including phenoxy) is 2. The minimum absolute atomic E-state index is 0.102. The third kappa shape index (κ3) is 6.06. The van der Waals surface area contributed by atoms with Gasteiger partial charge in [-0.25, -0.2) is 4.98 Å². The van der Waals surface area contributed by atoms with Crippen LogP contribution in [0.25, 0.3) is 0 Å². The highest BCUT2D eigenvalue weighted by molar-refractivity contribution is 5.94. The largest absolute Gasteiger partial charge is 0.474 e.